The van der Waals surface area contributed by atoms with Crippen molar-refractivity contribution < 1.29 is 4.74 Å². The fourth-order valence-electron chi connectivity index (χ4n) is 2.01. The van der Waals surface area contributed by atoms with Gasteiger partial charge in [-0.05, 0) is 25.8 Å². The van der Waals surface area contributed by atoms with Crippen molar-refractivity contribution in [2.75, 3.05) is 26.7 Å². The molecule has 2 bridgehead atoms. The molecule has 0 spiro atoms. The number of nitrogens with zero attached hydrogens (tertiary/aromatic N) is 1. The Morgan fingerprint density at radius 3 is 2.90 bits per heavy atom. The molecule has 0 N–H and O–H groups in total. The van der Waals surface area contributed by atoms with Crippen LogP contribution in [0, 0.1) is 5.92 Å². The minimum Gasteiger partial charge on any atom is -0.377 e. The van der Waals surface area contributed by atoms with Gasteiger partial charge in [-0.25, -0.2) is 0 Å². The molecule has 0 aromatic heterocycles. The zero-order valence-corrected chi connectivity index (χ0v) is 6.55. The van der Waals surface area contributed by atoms with Crippen LogP contribution < -0.4 is 0 Å². The average Bonchev–Trinajstić information content (AvgIpc) is 2.17. The Balaban J connectivity index is 2.05. The molecule has 0 aromatic carbocycles. The predicted octanol–water partition coefficient (Wildman–Crippen LogP) is 0.727. The van der Waals surface area contributed by atoms with Gasteiger partial charge in [-0.2, -0.15) is 0 Å². The summed E-state index contributed by atoms with van der Waals surface area (Å²) in [6, 6.07) is 0. The maximum atomic E-state index is 5.63. The number of ether oxygens (including phenoxy) is 1. The van der Waals surface area contributed by atoms with Gasteiger partial charge in [0.1, 0.15) is 0 Å². The van der Waals surface area contributed by atoms with Crippen LogP contribution in [0.4, 0.5) is 0 Å². The van der Waals surface area contributed by atoms with Crippen LogP contribution in [0.1, 0.15) is 12.8 Å². The lowest BCUT2D eigenvalue weighted by molar-refractivity contribution is 0.00517. The van der Waals surface area contributed by atoms with Crippen molar-refractivity contribution in [3.8, 4) is 0 Å². The molecule has 3 fully saturated rings. The molecule has 0 radical (unpaired) electrons. The van der Waals surface area contributed by atoms with Gasteiger partial charge in [0, 0.05) is 13.1 Å². The molecule has 0 aromatic rings. The zero-order chi connectivity index (χ0) is 6.97. The lowest BCUT2D eigenvalue weighted by Gasteiger charge is -2.22. The monoisotopic (exact) mass is 141 g/mol. The smallest absolute Gasteiger partial charge is 0.0702 e. The van der Waals surface area contributed by atoms with Crippen LogP contribution >= 0.6 is 0 Å². The van der Waals surface area contributed by atoms with Gasteiger partial charge in [0.05, 0.1) is 12.7 Å². The van der Waals surface area contributed by atoms with Crippen molar-refractivity contribution in [2.24, 2.45) is 5.92 Å². The molecule has 3 aliphatic heterocycles. The predicted molar refractivity (Wildman–Crippen MR) is 40.0 cm³/mol. The van der Waals surface area contributed by atoms with Crippen molar-refractivity contribution in [3.63, 3.8) is 0 Å². The Hall–Kier alpha value is -0.0800. The van der Waals surface area contributed by atoms with E-state index in [-0.39, 0.29) is 0 Å². The molecule has 3 rings (SSSR count). The summed E-state index contributed by atoms with van der Waals surface area (Å²) in [4.78, 5) is 2.40. The molecule has 2 heteroatoms. The Morgan fingerprint density at radius 1 is 1.30 bits per heavy atom. The Labute approximate surface area is 62.2 Å². The van der Waals surface area contributed by atoms with Crippen LogP contribution in [0.25, 0.3) is 0 Å². The summed E-state index contributed by atoms with van der Waals surface area (Å²) in [5, 5.41) is 0. The molecule has 2 unspecified atom stereocenters. The van der Waals surface area contributed by atoms with E-state index in [0.29, 0.717) is 6.10 Å². The lowest BCUT2D eigenvalue weighted by Crippen LogP contribution is -2.26. The first-order valence-corrected chi connectivity index (χ1v) is 4.15. The van der Waals surface area contributed by atoms with Crippen LogP contribution in [0.3, 0.4) is 0 Å². The van der Waals surface area contributed by atoms with Crippen LogP contribution in [0.15, 0.2) is 0 Å². The maximum absolute atomic E-state index is 5.63. The van der Waals surface area contributed by atoms with Crippen LogP contribution in [0.2, 0.25) is 0 Å². The maximum Gasteiger partial charge on any atom is 0.0702 e. The van der Waals surface area contributed by atoms with Crippen molar-refractivity contribution >= 4 is 0 Å². The topological polar surface area (TPSA) is 12.5 Å². The van der Waals surface area contributed by atoms with Crippen molar-refractivity contribution in [1.29, 1.82) is 0 Å². The number of rotatable bonds is 0. The van der Waals surface area contributed by atoms with Gasteiger partial charge < -0.3 is 9.64 Å². The van der Waals surface area contributed by atoms with Crippen LogP contribution in [-0.2, 0) is 4.74 Å². The summed E-state index contributed by atoms with van der Waals surface area (Å²) in [7, 11) is 2.19. The van der Waals surface area contributed by atoms with E-state index in [2.05, 4.69) is 11.9 Å². The van der Waals surface area contributed by atoms with Crippen LogP contribution in [-0.4, -0.2) is 37.7 Å². The minimum atomic E-state index is 0.545. The molecular formula is C8H15NO. The molecule has 0 aliphatic carbocycles. The van der Waals surface area contributed by atoms with Crippen LogP contribution in [0.5, 0.6) is 0 Å². The summed E-state index contributed by atoms with van der Waals surface area (Å²) in [5.74, 6) is 0.823. The summed E-state index contributed by atoms with van der Waals surface area (Å²) >= 11 is 0. The van der Waals surface area contributed by atoms with Gasteiger partial charge in [-0.3, -0.25) is 0 Å². The van der Waals surface area contributed by atoms with Gasteiger partial charge >= 0.3 is 0 Å². The van der Waals surface area contributed by atoms with Gasteiger partial charge in [0.15, 0.2) is 0 Å². The van der Waals surface area contributed by atoms with Gasteiger partial charge in [-0.1, -0.05) is 0 Å². The Kier molecular flexibility index (Phi) is 1.66. The summed E-state index contributed by atoms with van der Waals surface area (Å²) in [6.07, 6.45) is 3.22. The first-order valence-electron chi connectivity index (χ1n) is 4.15. The first-order chi connectivity index (χ1) is 4.84. The first kappa shape index (κ1) is 6.62. The molecule has 3 aliphatic rings. The van der Waals surface area contributed by atoms with Gasteiger partial charge in [0.25, 0.3) is 0 Å². The third kappa shape index (κ3) is 1.18. The normalized spacial score (nSPS) is 41.7. The second kappa shape index (κ2) is 2.51. The standard InChI is InChI=1S/C8H15NO/c1-9-4-7-2-3-8(5-9)10-6-7/h7-8H,2-6H2,1H3. The molecule has 2 atom stereocenters. The highest BCUT2D eigenvalue weighted by Crippen LogP contribution is 2.23. The highest BCUT2D eigenvalue weighted by molar-refractivity contribution is 4.79. The van der Waals surface area contributed by atoms with E-state index in [1.165, 1.54) is 19.4 Å². The molecule has 0 saturated carbocycles. The molecule has 3 saturated heterocycles. The average molecular weight is 141 g/mol. The van der Waals surface area contributed by atoms with E-state index in [1.54, 1.807) is 0 Å². The number of fused-ring (bicyclic) bond motifs is 4. The summed E-state index contributed by atoms with van der Waals surface area (Å²) in [5.41, 5.74) is 0. The van der Waals surface area contributed by atoms with Gasteiger partial charge in [-0.15, -0.1) is 0 Å². The van der Waals surface area contributed by atoms with E-state index < -0.39 is 0 Å². The number of likely N-dealkylation sites (N-methyl/N-ethyl adjacent to an activating group) is 1. The van der Waals surface area contributed by atoms with Crippen molar-refractivity contribution in [2.45, 2.75) is 18.9 Å². The third-order valence-electron chi connectivity index (χ3n) is 2.55. The highest BCUT2D eigenvalue weighted by Gasteiger charge is 2.27. The van der Waals surface area contributed by atoms with E-state index >= 15 is 0 Å². The molecule has 0 amide bonds. The minimum absolute atomic E-state index is 0.545. The lowest BCUT2D eigenvalue weighted by atomic mass is 10.0. The summed E-state index contributed by atoms with van der Waals surface area (Å²) in [6.45, 7) is 3.40. The summed E-state index contributed by atoms with van der Waals surface area (Å²) < 4.78 is 5.63. The molecule has 2 nitrogen and oxygen atoms in total. The van der Waals surface area contributed by atoms with E-state index in [4.69, 9.17) is 4.74 Å². The molecule has 3 heterocycles. The van der Waals surface area contributed by atoms with E-state index in [9.17, 15) is 0 Å². The Bertz CT molecular complexity index is 104. The third-order valence-corrected chi connectivity index (χ3v) is 2.55. The second-order valence-corrected chi connectivity index (χ2v) is 3.62. The number of hydrogen-bond acceptors (Lipinski definition) is 2. The van der Waals surface area contributed by atoms with Crippen molar-refractivity contribution in [1.82, 2.24) is 4.90 Å². The second-order valence-electron chi connectivity index (χ2n) is 3.62. The fraction of sp³-hybridized carbons (Fsp3) is 1.00. The molecular weight excluding hydrogens is 126 g/mol. The Morgan fingerprint density at radius 2 is 2.20 bits per heavy atom. The highest BCUT2D eigenvalue weighted by atomic mass is 16.5. The number of hydrogen-bond donors (Lipinski definition) is 0. The van der Waals surface area contributed by atoms with E-state index in [1.807, 2.05) is 0 Å². The SMILES string of the molecule is CN1CC2CCC(C1)OC2. The zero-order valence-electron chi connectivity index (χ0n) is 6.55. The fourth-order valence-corrected chi connectivity index (χ4v) is 2.01. The molecule has 58 valence electrons. The van der Waals surface area contributed by atoms with Crippen molar-refractivity contribution in [3.05, 3.63) is 0 Å². The van der Waals surface area contributed by atoms with Gasteiger partial charge in [0.2, 0.25) is 0 Å². The quantitative estimate of drug-likeness (QED) is 0.493. The largest absolute Gasteiger partial charge is 0.377 e. The van der Waals surface area contributed by atoms with E-state index in [0.717, 1.165) is 19.1 Å². The molecule has 10 heavy (non-hydrogen) atoms.